The zero-order valence-electron chi connectivity index (χ0n) is 9.15. The highest BCUT2D eigenvalue weighted by Crippen LogP contribution is 2.09. The number of aliphatic hydroxyl groups is 1. The molecule has 0 aromatic carbocycles. The van der Waals surface area contributed by atoms with Crippen LogP contribution in [0.2, 0.25) is 0 Å². The Labute approximate surface area is 96.7 Å². The summed E-state index contributed by atoms with van der Waals surface area (Å²) in [7, 11) is 0. The number of alkyl halides is 2. The minimum absolute atomic E-state index is 0.200. The molecular formula is C10H13F2N3O2. The molecule has 0 fully saturated rings. The zero-order valence-corrected chi connectivity index (χ0v) is 9.15. The van der Waals surface area contributed by atoms with E-state index in [1.807, 2.05) is 0 Å². The van der Waals surface area contributed by atoms with Crippen molar-refractivity contribution in [2.24, 2.45) is 0 Å². The number of aryl methyl sites for hydroxylation is 1. The van der Waals surface area contributed by atoms with Crippen LogP contribution in [-0.4, -0.2) is 35.1 Å². The number of pyridine rings is 1. The van der Waals surface area contributed by atoms with E-state index in [1.54, 1.807) is 6.92 Å². The van der Waals surface area contributed by atoms with Gasteiger partial charge in [0.2, 0.25) is 0 Å². The van der Waals surface area contributed by atoms with E-state index >= 15 is 0 Å². The summed E-state index contributed by atoms with van der Waals surface area (Å²) in [6.45, 7) is 1.07. The van der Waals surface area contributed by atoms with Gasteiger partial charge in [-0.1, -0.05) is 0 Å². The Kier molecular flexibility index (Phi) is 4.33. The molecule has 1 amide bonds. The van der Waals surface area contributed by atoms with Crippen LogP contribution < -0.4 is 11.1 Å². The number of nitrogen functional groups attached to an aromatic ring is 1. The van der Waals surface area contributed by atoms with Crippen LogP contribution in [0.15, 0.2) is 12.3 Å². The highest BCUT2D eigenvalue weighted by Gasteiger charge is 2.18. The van der Waals surface area contributed by atoms with Crippen molar-refractivity contribution in [1.82, 2.24) is 10.3 Å². The van der Waals surface area contributed by atoms with E-state index in [0.717, 1.165) is 0 Å². The lowest BCUT2D eigenvalue weighted by atomic mass is 10.2. The highest BCUT2D eigenvalue weighted by atomic mass is 19.3. The predicted molar refractivity (Wildman–Crippen MR) is 57.7 cm³/mol. The lowest BCUT2D eigenvalue weighted by Gasteiger charge is -2.11. The number of hydrogen-bond acceptors (Lipinski definition) is 4. The molecular weight excluding hydrogens is 232 g/mol. The van der Waals surface area contributed by atoms with Gasteiger partial charge in [0.05, 0.1) is 23.1 Å². The Morgan fingerprint density at radius 3 is 2.88 bits per heavy atom. The smallest absolute Gasteiger partial charge is 0.265 e. The summed E-state index contributed by atoms with van der Waals surface area (Å²) >= 11 is 0. The first kappa shape index (κ1) is 13.3. The summed E-state index contributed by atoms with van der Waals surface area (Å²) in [5.74, 6) is -0.595. The summed E-state index contributed by atoms with van der Waals surface area (Å²) in [6.07, 6.45) is -3.39. The molecule has 4 N–H and O–H groups in total. The minimum atomic E-state index is -2.89. The molecule has 5 nitrogen and oxygen atoms in total. The molecule has 0 saturated heterocycles. The Morgan fingerprint density at radius 2 is 2.29 bits per heavy atom. The SMILES string of the molecule is Cc1ncc(N)cc1C(=O)NCC(O)C(F)F. The number of carbonyl (C=O) groups excluding carboxylic acids is 1. The predicted octanol–water partition coefficient (Wildman–Crippen LogP) is 0.328. The molecule has 0 aliphatic rings. The Balaban J connectivity index is 2.67. The van der Waals surface area contributed by atoms with Crippen molar-refractivity contribution in [3.63, 3.8) is 0 Å². The number of rotatable bonds is 4. The number of amides is 1. The number of nitrogens with zero attached hydrogens (tertiary/aromatic N) is 1. The molecule has 1 aromatic rings. The first-order valence-corrected chi connectivity index (χ1v) is 4.88. The van der Waals surface area contributed by atoms with Crippen LogP contribution in [0.25, 0.3) is 0 Å². The number of aliphatic hydroxyl groups excluding tert-OH is 1. The molecule has 0 aliphatic carbocycles. The van der Waals surface area contributed by atoms with Gasteiger partial charge in [0, 0.05) is 6.54 Å². The van der Waals surface area contributed by atoms with Crippen molar-refractivity contribution >= 4 is 11.6 Å². The van der Waals surface area contributed by atoms with Crippen molar-refractivity contribution in [2.45, 2.75) is 19.5 Å². The first-order valence-electron chi connectivity index (χ1n) is 4.88. The van der Waals surface area contributed by atoms with E-state index in [-0.39, 0.29) is 5.56 Å². The van der Waals surface area contributed by atoms with Crippen molar-refractivity contribution in [2.75, 3.05) is 12.3 Å². The molecule has 17 heavy (non-hydrogen) atoms. The van der Waals surface area contributed by atoms with Gasteiger partial charge < -0.3 is 16.2 Å². The zero-order chi connectivity index (χ0) is 13.0. The van der Waals surface area contributed by atoms with E-state index in [9.17, 15) is 13.6 Å². The van der Waals surface area contributed by atoms with Crippen LogP contribution in [0, 0.1) is 6.92 Å². The van der Waals surface area contributed by atoms with E-state index < -0.39 is 25.0 Å². The summed E-state index contributed by atoms with van der Waals surface area (Å²) in [5.41, 5.74) is 6.39. The van der Waals surface area contributed by atoms with E-state index in [2.05, 4.69) is 10.3 Å². The monoisotopic (exact) mass is 245 g/mol. The molecule has 0 bridgehead atoms. The molecule has 1 heterocycles. The van der Waals surface area contributed by atoms with Gasteiger partial charge in [0.15, 0.2) is 0 Å². The maximum atomic E-state index is 12.0. The van der Waals surface area contributed by atoms with Gasteiger partial charge in [-0.15, -0.1) is 0 Å². The third-order valence-electron chi connectivity index (χ3n) is 2.12. The molecule has 1 atom stereocenters. The van der Waals surface area contributed by atoms with Crippen LogP contribution in [-0.2, 0) is 0 Å². The largest absolute Gasteiger partial charge is 0.397 e. The van der Waals surface area contributed by atoms with E-state index in [1.165, 1.54) is 12.3 Å². The van der Waals surface area contributed by atoms with E-state index in [4.69, 9.17) is 10.8 Å². The van der Waals surface area contributed by atoms with Crippen LogP contribution >= 0.6 is 0 Å². The Morgan fingerprint density at radius 1 is 1.65 bits per heavy atom. The molecule has 1 aromatic heterocycles. The van der Waals surface area contributed by atoms with Crippen molar-refractivity contribution < 1.29 is 18.7 Å². The quantitative estimate of drug-likeness (QED) is 0.713. The molecule has 1 unspecified atom stereocenters. The van der Waals surface area contributed by atoms with Crippen LogP contribution in [0.3, 0.4) is 0 Å². The van der Waals surface area contributed by atoms with Crippen molar-refractivity contribution in [3.8, 4) is 0 Å². The average Bonchev–Trinajstić information content (AvgIpc) is 2.28. The van der Waals surface area contributed by atoms with Gasteiger partial charge in [-0.05, 0) is 13.0 Å². The van der Waals surface area contributed by atoms with Crippen molar-refractivity contribution in [3.05, 3.63) is 23.5 Å². The fourth-order valence-electron chi connectivity index (χ4n) is 1.16. The van der Waals surface area contributed by atoms with Crippen LogP contribution in [0.1, 0.15) is 16.1 Å². The first-order chi connectivity index (χ1) is 7.91. The topological polar surface area (TPSA) is 88.2 Å². The maximum absolute atomic E-state index is 12.0. The molecule has 94 valence electrons. The summed E-state index contributed by atoms with van der Waals surface area (Å²) in [4.78, 5) is 15.4. The molecule has 0 radical (unpaired) electrons. The van der Waals surface area contributed by atoms with Crippen LogP contribution in [0.4, 0.5) is 14.5 Å². The maximum Gasteiger partial charge on any atom is 0.265 e. The number of nitrogens with one attached hydrogen (secondary N) is 1. The molecule has 0 aliphatic heterocycles. The second-order valence-corrected chi connectivity index (χ2v) is 3.51. The standard InChI is InChI=1S/C10H13F2N3O2/c1-5-7(2-6(13)3-14-5)10(17)15-4-8(16)9(11)12/h2-3,8-9,16H,4,13H2,1H3,(H,15,17). The number of carbonyl (C=O) groups is 1. The normalized spacial score (nSPS) is 12.5. The van der Waals surface area contributed by atoms with Gasteiger partial charge in [-0.3, -0.25) is 9.78 Å². The van der Waals surface area contributed by atoms with Gasteiger partial charge in [-0.25, -0.2) is 8.78 Å². The Hall–Kier alpha value is -1.76. The van der Waals surface area contributed by atoms with Gasteiger partial charge in [0.25, 0.3) is 12.3 Å². The molecule has 0 saturated carbocycles. The minimum Gasteiger partial charge on any atom is -0.397 e. The summed E-state index contributed by atoms with van der Waals surface area (Å²) < 4.78 is 24.0. The fraction of sp³-hybridized carbons (Fsp3) is 0.400. The van der Waals surface area contributed by atoms with Crippen molar-refractivity contribution in [1.29, 1.82) is 0 Å². The number of halogens is 2. The third-order valence-corrected chi connectivity index (χ3v) is 2.12. The molecule has 1 rings (SSSR count). The highest BCUT2D eigenvalue weighted by molar-refractivity contribution is 5.95. The van der Waals surface area contributed by atoms with Gasteiger partial charge >= 0.3 is 0 Å². The second kappa shape index (κ2) is 5.53. The van der Waals surface area contributed by atoms with Gasteiger partial charge in [-0.2, -0.15) is 0 Å². The van der Waals surface area contributed by atoms with E-state index in [0.29, 0.717) is 11.4 Å². The molecule has 7 heteroatoms. The number of nitrogens with two attached hydrogens (primary N) is 1. The third kappa shape index (κ3) is 3.63. The average molecular weight is 245 g/mol. The Bertz CT molecular complexity index is 413. The number of anilines is 1. The lowest BCUT2D eigenvalue weighted by molar-refractivity contribution is -0.00270. The fourth-order valence-corrected chi connectivity index (χ4v) is 1.16. The van der Waals surface area contributed by atoms with Crippen LogP contribution in [0.5, 0.6) is 0 Å². The lowest BCUT2D eigenvalue weighted by Crippen LogP contribution is -2.36. The number of hydrogen-bond donors (Lipinski definition) is 3. The van der Waals surface area contributed by atoms with Gasteiger partial charge in [0.1, 0.15) is 6.10 Å². The second-order valence-electron chi connectivity index (χ2n) is 3.51. The summed E-state index contributed by atoms with van der Waals surface area (Å²) in [6, 6.07) is 1.40. The molecule has 0 spiro atoms. The summed E-state index contributed by atoms with van der Waals surface area (Å²) in [5, 5.41) is 11.0. The number of aromatic nitrogens is 1.